The Morgan fingerprint density at radius 1 is 1.00 bits per heavy atom. The summed E-state index contributed by atoms with van der Waals surface area (Å²) in [7, 11) is 0. The van der Waals surface area contributed by atoms with Gasteiger partial charge in [0, 0.05) is 31.1 Å². The number of nitrogens with one attached hydrogen (secondary N) is 1. The predicted molar refractivity (Wildman–Crippen MR) is 116 cm³/mol. The van der Waals surface area contributed by atoms with Crippen LogP contribution in [0.2, 0.25) is 0 Å². The van der Waals surface area contributed by atoms with Crippen LogP contribution in [0.3, 0.4) is 0 Å². The highest BCUT2D eigenvalue weighted by atomic mass is 15.2. The summed E-state index contributed by atoms with van der Waals surface area (Å²) in [5, 5.41) is 3.49. The Balaban J connectivity index is 1.62. The van der Waals surface area contributed by atoms with Crippen LogP contribution < -0.4 is 10.2 Å². The predicted octanol–water partition coefficient (Wildman–Crippen LogP) is 5.16. The van der Waals surface area contributed by atoms with Crippen molar-refractivity contribution in [3.05, 3.63) is 83.2 Å². The molecule has 0 unspecified atom stereocenters. The van der Waals surface area contributed by atoms with E-state index in [-0.39, 0.29) is 5.92 Å². The van der Waals surface area contributed by atoms with Gasteiger partial charge in [0.05, 0.1) is 0 Å². The van der Waals surface area contributed by atoms with Gasteiger partial charge in [-0.05, 0) is 30.0 Å². The maximum absolute atomic E-state index is 4.91. The van der Waals surface area contributed by atoms with E-state index in [1.54, 1.807) is 0 Å². The van der Waals surface area contributed by atoms with Gasteiger partial charge in [0.25, 0.3) is 0 Å². The molecule has 1 aliphatic rings. The van der Waals surface area contributed by atoms with Crippen molar-refractivity contribution in [3.8, 4) is 0 Å². The summed E-state index contributed by atoms with van der Waals surface area (Å²) < 4.78 is 0. The molecule has 1 aliphatic heterocycles. The highest BCUT2D eigenvalue weighted by Crippen LogP contribution is 2.29. The lowest BCUT2D eigenvalue weighted by Gasteiger charge is -2.36. The SMILES string of the molecule is CC(C)c1nc(NCc2ccccc2)cc(N2Cc3ccccc3C[C@H]2C)n1. The van der Waals surface area contributed by atoms with E-state index in [1.165, 1.54) is 16.7 Å². The first kappa shape index (κ1) is 18.5. The monoisotopic (exact) mass is 372 g/mol. The van der Waals surface area contributed by atoms with Crippen molar-refractivity contribution >= 4 is 11.6 Å². The molecule has 2 aromatic carbocycles. The normalized spacial score (nSPS) is 16.1. The Morgan fingerprint density at radius 3 is 2.46 bits per heavy atom. The molecule has 1 N–H and O–H groups in total. The molecule has 0 aliphatic carbocycles. The van der Waals surface area contributed by atoms with Crippen LogP contribution in [0, 0.1) is 0 Å². The lowest BCUT2D eigenvalue weighted by molar-refractivity contribution is 0.583. The molecule has 144 valence electrons. The van der Waals surface area contributed by atoms with Gasteiger partial charge in [-0.15, -0.1) is 0 Å². The average molecular weight is 373 g/mol. The van der Waals surface area contributed by atoms with Crippen LogP contribution in [0.25, 0.3) is 0 Å². The third-order valence-corrected chi connectivity index (χ3v) is 5.36. The van der Waals surface area contributed by atoms with Crippen molar-refractivity contribution in [3.63, 3.8) is 0 Å². The van der Waals surface area contributed by atoms with Gasteiger partial charge in [-0.3, -0.25) is 0 Å². The van der Waals surface area contributed by atoms with Gasteiger partial charge in [-0.25, -0.2) is 9.97 Å². The number of nitrogens with zero attached hydrogens (tertiary/aromatic N) is 3. The fourth-order valence-electron chi connectivity index (χ4n) is 3.72. The third-order valence-electron chi connectivity index (χ3n) is 5.36. The van der Waals surface area contributed by atoms with Gasteiger partial charge < -0.3 is 10.2 Å². The summed E-state index contributed by atoms with van der Waals surface area (Å²) in [4.78, 5) is 12.1. The van der Waals surface area contributed by atoms with Gasteiger partial charge in [0.1, 0.15) is 17.5 Å². The Hall–Kier alpha value is -2.88. The zero-order valence-electron chi connectivity index (χ0n) is 16.9. The van der Waals surface area contributed by atoms with Crippen molar-refractivity contribution < 1.29 is 0 Å². The molecule has 4 heteroatoms. The molecule has 0 saturated carbocycles. The largest absolute Gasteiger partial charge is 0.366 e. The molecule has 0 bridgehead atoms. The third kappa shape index (κ3) is 4.01. The van der Waals surface area contributed by atoms with Crippen LogP contribution in [0.1, 0.15) is 49.2 Å². The van der Waals surface area contributed by atoms with Crippen LogP contribution >= 0.6 is 0 Å². The Labute approximate surface area is 167 Å². The number of hydrogen-bond donors (Lipinski definition) is 1. The fraction of sp³-hybridized carbons (Fsp3) is 0.333. The van der Waals surface area contributed by atoms with Crippen LogP contribution in [0.15, 0.2) is 60.7 Å². The highest BCUT2D eigenvalue weighted by molar-refractivity contribution is 5.53. The van der Waals surface area contributed by atoms with Gasteiger partial charge in [-0.2, -0.15) is 0 Å². The molecular formula is C24H28N4. The van der Waals surface area contributed by atoms with E-state index >= 15 is 0 Å². The zero-order valence-corrected chi connectivity index (χ0v) is 16.9. The number of rotatable bonds is 5. The summed E-state index contributed by atoms with van der Waals surface area (Å²) >= 11 is 0. The Kier molecular flexibility index (Phi) is 5.29. The van der Waals surface area contributed by atoms with Gasteiger partial charge in [0.2, 0.25) is 0 Å². The fourth-order valence-corrected chi connectivity index (χ4v) is 3.72. The molecule has 0 radical (unpaired) electrons. The molecule has 0 spiro atoms. The molecule has 3 aromatic rings. The van der Waals surface area contributed by atoms with Crippen molar-refractivity contribution in [2.75, 3.05) is 10.2 Å². The van der Waals surface area contributed by atoms with Gasteiger partial charge in [0.15, 0.2) is 0 Å². The van der Waals surface area contributed by atoms with Crippen LogP contribution in [0.5, 0.6) is 0 Å². The Morgan fingerprint density at radius 2 is 1.71 bits per heavy atom. The zero-order chi connectivity index (χ0) is 19.5. The summed E-state index contributed by atoms with van der Waals surface area (Å²) in [5.41, 5.74) is 4.09. The molecule has 4 nitrogen and oxygen atoms in total. The summed E-state index contributed by atoms with van der Waals surface area (Å²) in [5.74, 6) is 3.07. The molecule has 0 fully saturated rings. The maximum Gasteiger partial charge on any atom is 0.135 e. The Bertz CT molecular complexity index is 936. The van der Waals surface area contributed by atoms with Crippen molar-refractivity contribution in [2.45, 2.75) is 52.2 Å². The van der Waals surface area contributed by atoms with E-state index in [1.807, 2.05) is 6.07 Å². The molecule has 2 heterocycles. The van der Waals surface area contributed by atoms with Crippen molar-refractivity contribution in [1.29, 1.82) is 0 Å². The molecule has 0 amide bonds. The summed E-state index contributed by atoms with van der Waals surface area (Å²) in [6.45, 7) is 8.23. The van der Waals surface area contributed by atoms with E-state index in [2.05, 4.69) is 85.6 Å². The lowest BCUT2D eigenvalue weighted by atomic mass is 9.95. The minimum absolute atomic E-state index is 0.282. The molecule has 0 saturated heterocycles. The number of aromatic nitrogens is 2. The molecule has 28 heavy (non-hydrogen) atoms. The molecular weight excluding hydrogens is 344 g/mol. The van der Waals surface area contributed by atoms with Crippen LogP contribution in [-0.4, -0.2) is 16.0 Å². The number of anilines is 2. The first-order chi connectivity index (χ1) is 13.6. The van der Waals surface area contributed by atoms with E-state index in [4.69, 9.17) is 9.97 Å². The minimum atomic E-state index is 0.282. The lowest BCUT2D eigenvalue weighted by Crippen LogP contribution is -2.39. The number of benzene rings is 2. The smallest absolute Gasteiger partial charge is 0.135 e. The second kappa shape index (κ2) is 8.01. The van der Waals surface area contributed by atoms with E-state index in [0.717, 1.165) is 37.0 Å². The van der Waals surface area contributed by atoms with Crippen molar-refractivity contribution in [2.24, 2.45) is 0 Å². The first-order valence-electron chi connectivity index (χ1n) is 10.1. The summed E-state index contributed by atoms with van der Waals surface area (Å²) in [6, 6.07) is 21.7. The number of fused-ring (bicyclic) bond motifs is 1. The highest BCUT2D eigenvalue weighted by Gasteiger charge is 2.24. The quantitative estimate of drug-likeness (QED) is 0.671. The molecule has 1 aromatic heterocycles. The molecule has 1 atom stereocenters. The molecule has 4 rings (SSSR count). The first-order valence-corrected chi connectivity index (χ1v) is 10.1. The minimum Gasteiger partial charge on any atom is -0.366 e. The van der Waals surface area contributed by atoms with E-state index in [9.17, 15) is 0 Å². The summed E-state index contributed by atoms with van der Waals surface area (Å²) in [6.07, 6.45) is 1.05. The number of hydrogen-bond acceptors (Lipinski definition) is 4. The topological polar surface area (TPSA) is 41.1 Å². The van der Waals surface area contributed by atoms with Crippen molar-refractivity contribution in [1.82, 2.24) is 9.97 Å². The van der Waals surface area contributed by atoms with Gasteiger partial charge in [-0.1, -0.05) is 68.4 Å². The standard InChI is InChI=1S/C24H28N4/c1-17(2)24-26-22(25-15-19-9-5-4-6-10-19)14-23(27-24)28-16-21-12-8-7-11-20(21)13-18(28)3/h4-12,14,17-18H,13,15-16H2,1-3H3,(H,25,26,27)/t18-/m1/s1. The van der Waals surface area contributed by atoms with Crippen LogP contribution in [-0.2, 0) is 19.5 Å². The van der Waals surface area contributed by atoms with Gasteiger partial charge >= 0.3 is 0 Å². The second-order valence-electron chi connectivity index (χ2n) is 7.91. The van der Waals surface area contributed by atoms with Crippen LogP contribution in [0.4, 0.5) is 11.6 Å². The second-order valence-corrected chi connectivity index (χ2v) is 7.91. The van der Waals surface area contributed by atoms with E-state index in [0.29, 0.717) is 6.04 Å². The van der Waals surface area contributed by atoms with E-state index < -0.39 is 0 Å². The maximum atomic E-state index is 4.91. The average Bonchev–Trinajstić information content (AvgIpc) is 2.72.